The second-order valence-electron chi connectivity index (χ2n) is 9.46. The van der Waals surface area contributed by atoms with E-state index in [2.05, 4.69) is 25.4 Å². The first-order valence-corrected chi connectivity index (χ1v) is 13.4. The molecule has 0 aliphatic carbocycles. The van der Waals surface area contributed by atoms with Crippen LogP contribution in [0.2, 0.25) is 0 Å². The molecule has 0 bridgehead atoms. The molecule has 0 spiro atoms. The number of nitriles is 1. The van der Waals surface area contributed by atoms with Crippen LogP contribution in [-0.2, 0) is 9.47 Å². The molecular weight excluding hydrogens is 512 g/mol. The highest BCUT2D eigenvalue weighted by Gasteiger charge is 2.20. The lowest BCUT2D eigenvalue weighted by Gasteiger charge is -2.27. The highest BCUT2D eigenvalue weighted by atomic mass is 16.5. The molecule has 3 aromatic rings. The Hall–Kier alpha value is -4.18. The monoisotopic (exact) mass is 546 g/mol. The van der Waals surface area contributed by atoms with Gasteiger partial charge in [0.25, 0.3) is 0 Å². The fourth-order valence-corrected chi connectivity index (χ4v) is 4.59. The van der Waals surface area contributed by atoms with Crippen LogP contribution in [0.25, 0.3) is 10.9 Å². The van der Waals surface area contributed by atoms with Crippen LogP contribution in [0, 0.1) is 18.4 Å². The first-order valence-electron chi connectivity index (χ1n) is 13.4. The van der Waals surface area contributed by atoms with Crippen molar-refractivity contribution in [3.8, 4) is 17.7 Å². The number of guanidine groups is 1. The summed E-state index contributed by atoms with van der Waals surface area (Å²) in [4.78, 5) is 18.7. The third-order valence-electron chi connectivity index (χ3n) is 6.69. The number of nitrogens with one attached hydrogen (secondary N) is 2. The highest BCUT2D eigenvalue weighted by Crippen LogP contribution is 2.35. The van der Waals surface area contributed by atoms with Gasteiger partial charge >= 0.3 is 0 Å². The molecule has 210 valence electrons. The van der Waals surface area contributed by atoms with Gasteiger partial charge in [0, 0.05) is 44.2 Å². The van der Waals surface area contributed by atoms with Gasteiger partial charge in [0.2, 0.25) is 11.9 Å². The van der Waals surface area contributed by atoms with Crippen molar-refractivity contribution >= 4 is 34.3 Å². The number of ether oxygens (including phenoxy) is 4. The van der Waals surface area contributed by atoms with Gasteiger partial charge in [0.1, 0.15) is 12.4 Å². The lowest BCUT2D eigenvalue weighted by Crippen LogP contribution is -2.38. The largest absolute Gasteiger partial charge is 0.493 e. The number of morpholine rings is 2. The molecule has 0 radical (unpaired) electrons. The SMILES string of the molecule is COc1cc2nc(N3CCOCC3)nc(N/C(=N\c3cccc(C)c3)NC#N)c2cc1OCCN1CCOCC1. The van der Waals surface area contributed by atoms with Crippen LogP contribution in [0.3, 0.4) is 0 Å². The fraction of sp³-hybridized carbons (Fsp3) is 0.429. The normalized spacial score (nSPS) is 16.4. The Morgan fingerprint density at radius 2 is 1.82 bits per heavy atom. The number of hydrogen-bond donors (Lipinski definition) is 2. The minimum atomic E-state index is 0.242. The number of aryl methyl sites for hydroxylation is 1. The van der Waals surface area contributed by atoms with E-state index in [0.717, 1.165) is 38.4 Å². The summed E-state index contributed by atoms with van der Waals surface area (Å²) in [5.74, 6) is 2.44. The second-order valence-corrected chi connectivity index (χ2v) is 9.46. The van der Waals surface area contributed by atoms with Crippen LogP contribution < -0.4 is 25.0 Å². The number of nitrogens with zero attached hydrogens (tertiary/aromatic N) is 6. The van der Waals surface area contributed by atoms with Crippen molar-refractivity contribution in [2.75, 3.05) is 83.1 Å². The van der Waals surface area contributed by atoms with E-state index in [1.54, 1.807) is 7.11 Å². The average molecular weight is 547 g/mol. The minimum absolute atomic E-state index is 0.242. The van der Waals surface area contributed by atoms with E-state index in [1.807, 2.05) is 49.5 Å². The Morgan fingerprint density at radius 3 is 2.55 bits per heavy atom. The molecule has 1 aromatic heterocycles. The zero-order valence-corrected chi connectivity index (χ0v) is 22.9. The van der Waals surface area contributed by atoms with Crippen molar-refractivity contribution in [1.29, 1.82) is 5.26 Å². The standard InChI is InChI=1S/C28H34N8O4/c1-20-4-3-5-21(16-20)31-27(30-19-29)33-26-22-17-25(40-15-8-35-6-11-38-12-7-35)24(37-2)18-23(22)32-28(34-26)36-9-13-39-14-10-36/h3-5,16-18H,6-15H2,1-2H3,(H2,30,31,32,33,34). The van der Waals surface area contributed by atoms with Crippen molar-refractivity contribution in [2.45, 2.75) is 6.92 Å². The van der Waals surface area contributed by atoms with Crippen LogP contribution >= 0.6 is 0 Å². The van der Waals surface area contributed by atoms with Crippen LogP contribution in [0.4, 0.5) is 17.5 Å². The zero-order valence-electron chi connectivity index (χ0n) is 22.9. The second kappa shape index (κ2) is 13.3. The van der Waals surface area contributed by atoms with Crippen molar-refractivity contribution in [3.63, 3.8) is 0 Å². The first kappa shape index (κ1) is 27.4. The van der Waals surface area contributed by atoms with E-state index >= 15 is 0 Å². The van der Waals surface area contributed by atoms with E-state index in [9.17, 15) is 5.26 Å². The van der Waals surface area contributed by atoms with Gasteiger partial charge in [0.15, 0.2) is 17.7 Å². The van der Waals surface area contributed by atoms with Crippen LogP contribution in [0.15, 0.2) is 41.4 Å². The molecule has 0 amide bonds. The number of anilines is 2. The summed E-state index contributed by atoms with van der Waals surface area (Å²) in [6.07, 6.45) is 1.97. The topological polar surface area (TPSA) is 129 Å². The molecule has 2 aliphatic rings. The van der Waals surface area contributed by atoms with Crippen LogP contribution in [0.5, 0.6) is 11.5 Å². The third kappa shape index (κ3) is 6.87. The smallest absolute Gasteiger partial charge is 0.228 e. The number of benzene rings is 2. The Morgan fingerprint density at radius 1 is 1.05 bits per heavy atom. The van der Waals surface area contributed by atoms with Gasteiger partial charge in [-0.2, -0.15) is 10.2 Å². The van der Waals surface area contributed by atoms with E-state index < -0.39 is 0 Å². The van der Waals surface area contributed by atoms with Gasteiger partial charge in [-0.3, -0.25) is 10.2 Å². The molecule has 2 saturated heterocycles. The quantitative estimate of drug-likeness (QED) is 0.187. The molecule has 12 nitrogen and oxygen atoms in total. The van der Waals surface area contributed by atoms with E-state index in [0.29, 0.717) is 72.8 Å². The third-order valence-corrected chi connectivity index (χ3v) is 6.69. The summed E-state index contributed by atoms with van der Waals surface area (Å²) in [6, 6.07) is 11.4. The van der Waals surface area contributed by atoms with Gasteiger partial charge in [-0.25, -0.2) is 9.98 Å². The van der Waals surface area contributed by atoms with Gasteiger partial charge in [-0.05, 0) is 30.7 Å². The highest BCUT2D eigenvalue weighted by molar-refractivity contribution is 6.03. The van der Waals surface area contributed by atoms with Gasteiger partial charge < -0.3 is 29.2 Å². The molecule has 0 atom stereocenters. The lowest BCUT2D eigenvalue weighted by molar-refractivity contribution is 0.0321. The first-order chi connectivity index (χ1) is 19.6. The van der Waals surface area contributed by atoms with Crippen LogP contribution in [-0.4, -0.2) is 93.7 Å². The minimum Gasteiger partial charge on any atom is -0.493 e. The van der Waals surface area contributed by atoms with Gasteiger partial charge in [-0.1, -0.05) is 12.1 Å². The summed E-state index contributed by atoms with van der Waals surface area (Å²) >= 11 is 0. The maximum Gasteiger partial charge on any atom is 0.228 e. The summed E-state index contributed by atoms with van der Waals surface area (Å²) in [5.41, 5.74) is 2.43. The Kier molecular flexibility index (Phi) is 9.07. The number of rotatable bonds is 8. The van der Waals surface area contributed by atoms with E-state index in [4.69, 9.17) is 28.9 Å². The number of aliphatic imine (C=N–C) groups is 1. The van der Waals surface area contributed by atoms with Crippen molar-refractivity contribution in [3.05, 3.63) is 42.0 Å². The molecule has 0 unspecified atom stereocenters. The predicted octanol–water partition coefficient (Wildman–Crippen LogP) is 2.66. The molecule has 3 heterocycles. The summed E-state index contributed by atoms with van der Waals surface area (Å²) < 4.78 is 22.8. The summed E-state index contributed by atoms with van der Waals surface area (Å²) in [7, 11) is 1.61. The molecule has 0 saturated carbocycles. The maximum atomic E-state index is 9.45. The molecule has 2 N–H and O–H groups in total. The Bertz CT molecular complexity index is 1380. The lowest BCUT2D eigenvalue weighted by atomic mass is 10.2. The molecule has 5 rings (SSSR count). The molecule has 2 aliphatic heterocycles. The maximum absolute atomic E-state index is 9.45. The molecule has 12 heteroatoms. The van der Waals surface area contributed by atoms with Crippen LogP contribution in [0.1, 0.15) is 5.56 Å². The molecule has 40 heavy (non-hydrogen) atoms. The van der Waals surface area contributed by atoms with Gasteiger partial charge in [-0.15, -0.1) is 0 Å². The van der Waals surface area contributed by atoms with E-state index in [1.165, 1.54) is 0 Å². The molecular formula is C28H34N8O4. The number of aromatic nitrogens is 2. The predicted molar refractivity (Wildman–Crippen MR) is 153 cm³/mol. The summed E-state index contributed by atoms with van der Waals surface area (Å²) in [6.45, 7) is 9.05. The molecule has 2 fully saturated rings. The molecule has 2 aromatic carbocycles. The fourth-order valence-electron chi connectivity index (χ4n) is 4.59. The van der Waals surface area contributed by atoms with Crippen molar-refractivity contribution < 1.29 is 18.9 Å². The Labute approximate surface area is 233 Å². The number of hydrogen-bond acceptors (Lipinski definition) is 10. The van der Waals surface area contributed by atoms with Gasteiger partial charge in [0.05, 0.1) is 44.7 Å². The van der Waals surface area contributed by atoms with Crippen molar-refractivity contribution in [2.24, 2.45) is 4.99 Å². The zero-order chi connectivity index (χ0) is 27.7. The van der Waals surface area contributed by atoms with E-state index in [-0.39, 0.29) is 5.96 Å². The summed E-state index contributed by atoms with van der Waals surface area (Å²) in [5, 5.41) is 16.0. The number of fused-ring (bicyclic) bond motifs is 1. The average Bonchev–Trinajstić information content (AvgIpc) is 2.98. The Balaban J connectivity index is 1.50. The van der Waals surface area contributed by atoms with Crippen molar-refractivity contribution in [1.82, 2.24) is 20.2 Å². The number of methoxy groups -OCH3 is 1.